The number of halogens is 10. The summed E-state index contributed by atoms with van der Waals surface area (Å²) in [5.41, 5.74) is 0. The van der Waals surface area contributed by atoms with Gasteiger partial charge >= 0.3 is 103 Å². The molecule has 0 saturated carbocycles. The van der Waals surface area contributed by atoms with Crippen molar-refractivity contribution in [3.05, 3.63) is 0 Å². The molecule has 0 saturated heterocycles. The molecular formula is C10H14F10K2O3S. The van der Waals surface area contributed by atoms with Crippen LogP contribution in [-0.4, -0.2) is 177 Å². The molecule has 16 heteroatoms. The zero-order valence-corrected chi connectivity index (χ0v) is 12.2. The van der Waals surface area contributed by atoms with Crippen molar-refractivity contribution in [1.82, 2.24) is 0 Å². The molecule has 0 aliphatic rings. The van der Waals surface area contributed by atoms with Gasteiger partial charge < -0.3 is 0 Å². The third-order valence-electron chi connectivity index (χ3n) is 2.78. The molecule has 0 aliphatic heterocycles. The van der Waals surface area contributed by atoms with E-state index < -0.39 is 71.7 Å². The predicted octanol–water partition coefficient (Wildman–Crippen LogP) is 1.55. The maximum absolute atomic E-state index is 13.2. The molecule has 0 aromatic heterocycles. The molecule has 26 heavy (non-hydrogen) atoms. The summed E-state index contributed by atoms with van der Waals surface area (Å²) in [7, 11) is -5.16. The molecule has 0 amide bonds. The summed E-state index contributed by atoms with van der Waals surface area (Å²) in [4.78, 5) is 0. The fourth-order valence-corrected chi connectivity index (χ4v) is 2.10. The monoisotopic (exact) mass is 482 g/mol. The van der Waals surface area contributed by atoms with Crippen molar-refractivity contribution in [2.24, 2.45) is 0 Å². The predicted molar refractivity (Wildman–Crippen MR) is 75.9 cm³/mol. The second kappa shape index (κ2) is 14.5. The van der Waals surface area contributed by atoms with Crippen molar-refractivity contribution >= 4 is 113 Å². The summed E-state index contributed by atoms with van der Waals surface area (Å²) in [6.07, 6.45) is -34.8. The van der Waals surface area contributed by atoms with E-state index in [1.54, 1.807) is 0 Å². The van der Waals surface area contributed by atoms with Gasteiger partial charge in [0.2, 0.25) is 0 Å². The first-order valence-corrected chi connectivity index (χ1v) is 7.67. The van der Waals surface area contributed by atoms with Gasteiger partial charge in [-0.1, -0.05) is 0 Å². The molecule has 3 nitrogen and oxygen atoms in total. The van der Waals surface area contributed by atoms with Crippen LogP contribution in [0.2, 0.25) is 0 Å². The Morgan fingerprint density at radius 1 is 0.577 bits per heavy atom. The quantitative estimate of drug-likeness (QED) is 0.292. The number of hydrogen-bond acceptors (Lipinski definition) is 2. The van der Waals surface area contributed by atoms with Gasteiger partial charge in [0.1, 0.15) is 5.75 Å². The van der Waals surface area contributed by atoms with Gasteiger partial charge in [-0.2, -0.15) is 8.42 Å². The number of rotatable bonds is 10. The summed E-state index contributed by atoms with van der Waals surface area (Å²) >= 11 is 0. The molecule has 0 fully saturated rings. The summed E-state index contributed by atoms with van der Waals surface area (Å²) in [5, 5.41) is 0. The van der Waals surface area contributed by atoms with E-state index in [0.717, 1.165) is 0 Å². The van der Waals surface area contributed by atoms with Crippen molar-refractivity contribution < 1.29 is 56.9 Å². The van der Waals surface area contributed by atoms with Crippen molar-refractivity contribution in [1.29, 1.82) is 0 Å². The Morgan fingerprint density at radius 3 is 1.12 bits per heavy atom. The van der Waals surface area contributed by atoms with Gasteiger partial charge in [0.15, 0.2) is 49.4 Å². The molecule has 0 radical (unpaired) electrons. The van der Waals surface area contributed by atoms with Crippen LogP contribution in [0, 0.1) is 0 Å². The molecule has 8 unspecified atom stereocenters. The summed E-state index contributed by atoms with van der Waals surface area (Å²) in [5.74, 6) is -2.04. The van der Waals surface area contributed by atoms with E-state index in [2.05, 4.69) is 0 Å². The van der Waals surface area contributed by atoms with Crippen LogP contribution in [0.1, 0.15) is 0 Å². The van der Waals surface area contributed by atoms with Crippen LogP contribution in [0.15, 0.2) is 0 Å². The Morgan fingerprint density at radius 2 is 0.846 bits per heavy atom. The first-order valence-electron chi connectivity index (χ1n) is 6.06. The van der Waals surface area contributed by atoms with E-state index in [0.29, 0.717) is 0 Å². The van der Waals surface area contributed by atoms with Gasteiger partial charge in [-0.05, 0) is 0 Å². The van der Waals surface area contributed by atoms with E-state index in [1.807, 2.05) is 0 Å². The molecule has 0 aromatic carbocycles. The minimum atomic E-state index is -5.16. The molecule has 0 heterocycles. The molecule has 0 bridgehead atoms. The van der Waals surface area contributed by atoms with E-state index in [1.165, 1.54) is 0 Å². The third-order valence-corrected chi connectivity index (χ3v) is 3.52. The average Bonchev–Trinajstić information content (AvgIpc) is 2.47. The normalized spacial score (nSPS) is 21.4. The van der Waals surface area contributed by atoms with Gasteiger partial charge in [-0.25, -0.2) is 43.9 Å². The van der Waals surface area contributed by atoms with Crippen molar-refractivity contribution in [2.45, 2.75) is 55.8 Å². The molecular weight excluding hydrogens is 468 g/mol. The zero-order valence-electron chi connectivity index (χ0n) is 11.4. The van der Waals surface area contributed by atoms with Crippen LogP contribution in [0.5, 0.6) is 0 Å². The van der Waals surface area contributed by atoms with Gasteiger partial charge in [0, 0.05) is 0 Å². The van der Waals surface area contributed by atoms with E-state index in [9.17, 15) is 52.3 Å². The van der Waals surface area contributed by atoms with Crippen molar-refractivity contribution in [3.63, 3.8) is 0 Å². The zero-order chi connectivity index (χ0) is 19.4. The third kappa shape index (κ3) is 11.0. The Balaban J connectivity index is -0.00000264. The van der Waals surface area contributed by atoms with E-state index >= 15 is 0 Å². The van der Waals surface area contributed by atoms with Gasteiger partial charge in [0.05, 0.1) is 0 Å². The standard InChI is InChI=1S/C10H12F10O3S.2K.2H/c11-2(1-24(21,22)23)3(12)4(13)5(14)6(15)7(16)8(17)9(18)10(19)20;;;;/h2-10H,1H2,(H,21,22,23);;;;. The SMILES string of the molecule is O=S(=O)(O)CC(F)C(F)C(F)C(F)C(F)C(F)C(F)C(F)C(F)F.[KH].[KH]. The summed E-state index contributed by atoms with van der Waals surface area (Å²) in [6, 6.07) is 0. The average molecular weight is 482 g/mol. The van der Waals surface area contributed by atoms with Crippen LogP contribution >= 0.6 is 0 Å². The van der Waals surface area contributed by atoms with Gasteiger partial charge in [-0.15, -0.1) is 0 Å². The first-order chi connectivity index (χ1) is 10.7. The fourth-order valence-electron chi connectivity index (χ4n) is 1.51. The summed E-state index contributed by atoms with van der Waals surface area (Å²) in [6.45, 7) is 0. The second-order valence-electron chi connectivity index (χ2n) is 4.71. The van der Waals surface area contributed by atoms with Gasteiger partial charge in [0.25, 0.3) is 16.5 Å². The molecule has 0 aromatic rings. The Labute approximate surface area is 227 Å². The molecule has 1 N–H and O–H groups in total. The Hall–Kier alpha value is 2.48. The van der Waals surface area contributed by atoms with E-state index in [4.69, 9.17) is 4.55 Å². The van der Waals surface area contributed by atoms with E-state index in [-0.39, 0.29) is 103 Å². The number of alkyl halides is 10. The van der Waals surface area contributed by atoms with Crippen LogP contribution < -0.4 is 0 Å². The minimum absolute atomic E-state index is 0. The van der Waals surface area contributed by atoms with Crippen LogP contribution in [0.3, 0.4) is 0 Å². The van der Waals surface area contributed by atoms with Crippen molar-refractivity contribution in [3.8, 4) is 0 Å². The van der Waals surface area contributed by atoms with Crippen LogP contribution in [-0.2, 0) is 10.1 Å². The van der Waals surface area contributed by atoms with Crippen molar-refractivity contribution in [2.75, 3.05) is 5.75 Å². The Kier molecular flexibility index (Phi) is 18.5. The van der Waals surface area contributed by atoms with Gasteiger partial charge in [-0.3, -0.25) is 4.55 Å². The first kappa shape index (κ1) is 33.1. The molecule has 8 atom stereocenters. The molecule has 0 spiro atoms. The molecule has 150 valence electrons. The van der Waals surface area contributed by atoms with Crippen LogP contribution in [0.25, 0.3) is 0 Å². The fraction of sp³-hybridized carbons (Fsp3) is 1.00. The number of hydrogen-bond donors (Lipinski definition) is 1. The molecule has 0 aliphatic carbocycles. The maximum atomic E-state index is 13.2. The second-order valence-corrected chi connectivity index (χ2v) is 6.21. The molecule has 0 rings (SSSR count). The van der Waals surface area contributed by atoms with Crippen LogP contribution in [0.4, 0.5) is 43.9 Å². The Bertz CT molecular complexity index is 488. The summed E-state index contributed by atoms with van der Waals surface area (Å²) < 4.78 is 156. The topological polar surface area (TPSA) is 54.4 Å².